The lowest BCUT2D eigenvalue weighted by Crippen LogP contribution is -2.42. The summed E-state index contributed by atoms with van der Waals surface area (Å²) < 4.78 is 4.18. The maximum absolute atomic E-state index is 6.48. The van der Waals surface area contributed by atoms with Crippen LogP contribution in [0.25, 0.3) is 54.7 Å². The molecule has 0 fully saturated rings. The third kappa shape index (κ3) is 4.83. The van der Waals surface area contributed by atoms with Crippen LogP contribution in [-0.4, -0.2) is 27.5 Å². The molecule has 2 atom stereocenters. The first-order chi connectivity index (χ1) is 25.2. The first-order valence-electron chi connectivity index (χ1n) is 17.2. The van der Waals surface area contributed by atoms with Gasteiger partial charge in [0.15, 0.2) is 5.84 Å². The SMILES string of the molecule is Nn1c2ccccc2c2cc(-c3ccc4c(c3)c3ccccc3n4C3CNC=C(C4=NC(c5ccccc5)NC(c5ccccc5)=N4)N3)ccc21. The van der Waals surface area contributed by atoms with Gasteiger partial charge in [0.25, 0.3) is 0 Å². The number of fused-ring (bicyclic) bond motifs is 6. The van der Waals surface area contributed by atoms with Crippen molar-refractivity contribution in [2.24, 2.45) is 9.98 Å². The van der Waals surface area contributed by atoms with Crippen LogP contribution in [0.15, 0.2) is 167 Å². The van der Waals surface area contributed by atoms with Gasteiger partial charge in [0, 0.05) is 33.3 Å². The third-order valence-electron chi connectivity index (χ3n) is 10.1. The second-order valence-electron chi connectivity index (χ2n) is 13.1. The smallest absolute Gasteiger partial charge is 0.177 e. The minimum atomic E-state index is -0.274. The normalized spacial score (nSPS) is 17.5. The standard InChI is InChI=1S/C43H34N8/c44-51-38-18-10-8-16-32(38)34-24-30(20-22-39(34)51)29-19-21-37-33(23-29)31-15-7-9-17-36(31)50(37)40-26-45-25-35(46-40)43-48-41(27-11-3-1-4-12-27)47-42(49-43)28-13-5-2-6-14-28/h1-25,40-41,45-46H,26,44H2,(H,47,48,49). The number of nitrogens with zero attached hydrogens (tertiary/aromatic N) is 4. The topological polar surface area (TPSA) is 96.7 Å². The van der Waals surface area contributed by atoms with Gasteiger partial charge in [0.1, 0.15) is 18.2 Å². The van der Waals surface area contributed by atoms with Crippen molar-refractivity contribution in [3.8, 4) is 11.1 Å². The fourth-order valence-electron chi connectivity index (χ4n) is 7.65. The van der Waals surface area contributed by atoms with Gasteiger partial charge < -0.3 is 26.4 Å². The van der Waals surface area contributed by atoms with Crippen LogP contribution in [-0.2, 0) is 0 Å². The van der Waals surface area contributed by atoms with Gasteiger partial charge in [-0.25, -0.2) is 9.98 Å². The molecular formula is C43H34N8. The number of para-hydroxylation sites is 2. The number of hydrogen-bond donors (Lipinski definition) is 4. The Hall–Kier alpha value is -6.80. The van der Waals surface area contributed by atoms with E-state index in [1.807, 2.05) is 48.7 Å². The van der Waals surface area contributed by atoms with E-state index >= 15 is 0 Å². The fraction of sp³-hybridized carbons (Fsp3) is 0.0698. The number of nitrogen functional groups attached to an aromatic ring is 1. The molecule has 0 bridgehead atoms. The Morgan fingerprint density at radius 2 is 1.16 bits per heavy atom. The maximum atomic E-state index is 6.48. The van der Waals surface area contributed by atoms with Crippen molar-refractivity contribution in [3.63, 3.8) is 0 Å². The molecule has 8 aromatic rings. The van der Waals surface area contributed by atoms with E-state index in [1.165, 1.54) is 10.8 Å². The molecule has 6 aromatic carbocycles. The van der Waals surface area contributed by atoms with Crippen LogP contribution >= 0.6 is 0 Å². The van der Waals surface area contributed by atoms with Crippen molar-refractivity contribution in [1.29, 1.82) is 0 Å². The molecule has 8 heteroatoms. The Kier molecular flexibility index (Phi) is 6.67. The highest BCUT2D eigenvalue weighted by Gasteiger charge is 2.27. The predicted octanol–water partition coefficient (Wildman–Crippen LogP) is 7.96. The molecule has 51 heavy (non-hydrogen) atoms. The predicted molar refractivity (Wildman–Crippen MR) is 209 cm³/mol. The molecule has 8 nitrogen and oxygen atoms in total. The lowest BCUT2D eigenvalue weighted by molar-refractivity contribution is 0.436. The highest BCUT2D eigenvalue weighted by atomic mass is 15.3. The van der Waals surface area contributed by atoms with Gasteiger partial charge in [-0.3, -0.25) is 4.68 Å². The summed E-state index contributed by atoms with van der Waals surface area (Å²) in [5.74, 6) is 7.92. The summed E-state index contributed by atoms with van der Waals surface area (Å²) in [5.41, 5.74) is 9.61. The Balaban J connectivity index is 1.04. The average Bonchev–Trinajstić information content (AvgIpc) is 3.69. The zero-order valence-electron chi connectivity index (χ0n) is 27.7. The summed E-state index contributed by atoms with van der Waals surface area (Å²) >= 11 is 0. The number of hydrogen-bond acceptors (Lipinski definition) is 6. The van der Waals surface area contributed by atoms with E-state index in [1.54, 1.807) is 4.68 Å². The molecule has 5 N–H and O–H groups in total. The minimum absolute atomic E-state index is 0.0894. The number of aromatic nitrogens is 2. The molecule has 246 valence electrons. The second kappa shape index (κ2) is 11.7. The van der Waals surface area contributed by atoms with E-state index in [2.05, 4.69) is 124 Å². The summed E-state index contributed by atoms with van der Waals surface area (Å²) in [4.78, 5) is 10.2. The van der Waals surface area contributed by atoms with Gasteiger partial charge in [-0.05, 0) is 53.1 Å². The monoisotopic (exact) mass is 662 g/mol. The molecule has 4 heterocycles. The number of aliphatic imine (C=N–C) groups is 2. The van der Waals surface area contributed by atoms with Crippen molar-refractivity contribution in [3.05, 3.63) is 169 Å². The van der Waals surface area contributed by atoms with Crippen molar-refractivity contribution in [1.82, 2.24) is 25.2 Å². The molecule has 0 radical (unpaired) electrons. The molecular weight excluding hydrogens is 629 g/mol. The molecule has 0 saturated heterocycles. The third-order valence-corrected chi connectivity index (χ3v) is 10.1. The number of nitrogens with two attached hydrogens (primary N) is 1. The van der Waals surface area contributed by atoms with Crippen molar-refractivity contribution in [2.45, 2.75) is 12.3 Å². The molecule has 0 spiro atoms. The van der Waals surface area contributed by atoms with E-state index in [4.69, 9.17) is 15.8 Å². The van der Waals surface area contributed by atoms with Crippen molar-refractivity contribution < 1.29 is 0 Å². The summed E-state index contributed by atoms with van der Waals surface area (Å²) in [6.07, 6.45) is 1.63. The summed E-state index contributed by atoms with van der Waals surface area (Å²) in [6.45, 7) is 0.696. The number of amidine groups is 2. The summed E-state index contributed by atoms with van der Waals surface area (Å²) in [7, 11) is 0. The Morgan fingerprint density at radius 3 is 1.92 bits per heavy atom. The van der Waals surface area contributed by atoms with Crippen LogP contribution in [0.4, 0.5) is 0 Å². The molecule has 2 aliphatic rings. The van der Waals surface area contributed by atoms with Crippen molar-refractivity contribution >= 4 is 55.3 Å². The molecule has 2 aliphatic heterocycles. The Morgan fingerprint density at radius 1 is 0.569 bits per heavy atom. The van der Waals surface area contributed by atoms with Crippen LogP contribution in [0.2, 0.25) is 0 Å². The van der Waals surface area contributed by atoms with Crippen LogP contribution < -0.4 is 21.8 Å². The van der Waals surface area contributed by atoms with Crippen LogP contribution in [0.3, 0.4) is 0 Å². The van der Waals surface area contributed by atoms with E-state index in [-0.39, 0.29) is 12.3 Å². The van der Waals surface area contributed by atoms with E-state index in [0.717, 1.165) is 66.6 Å². The lowest BCUT2D eigenvalue weighted by Gasteiger charge is -2.31. The highest BCUT2D eigenvalue weighted by molar-refractivity contribution is 6.13. The lowest BCUT2D eigenvalue weighted by atomic mass is 10.0. The molecule has 0 amide bonds. The Labute approximate surface area is 294 Å². The van der Waals surface area contributed by atoms with Gasteiger partial charge in [-0.1, -0.05) is 109 Å². The number of benzene rings is 6. The van der Waals surface area contributed by atoms with Gasteiger partial charge in [-0.15, -0.1) is 0 Å². The largest absolute Gasteiger partial charge is 0.385 e. The highest BCUT2D eigenvalue weighted by Crippen LogP contribution is 2.37. The van der Waals surface area contributed by atoms with Crippen LogP contribution in [0, 0.1) is 0 Å². The molecule has 2 aromatic heterocycles. The molecule has 2 unspecified atom stereocenters. The van der Waals surface area contributed by atoms with E-state index < -0.39 is 0 Å². The van der Waals surface area contributed by atoms with Crippen LogP contribution in [0.5, 0.6) is 0 Å². The van der Waals surface area contributed by atoms with E-state index in [0.29, 0.717) is 12.4 Å². The fourth-order valence-corrected chi connectivity index (χ4v) is 7.65. The van der Waals surface area contributed by atoms with Gasteiger partial charge in [0.05, 0.1) is 34.3 Å². The minimum Gasteiger partial charge on any atom is -0.385 e. The summed E-state index contributed by atoms with van der Waals surface area (Å²) in [6, 6.07) is 50.8. The zero-order chi connectivity index (χ0) is 33.9. The number of nitrogens with one attached hydrogen (secondary N) is 3. The Bertz CT molecular complexity index is 2720. The van der Waals surface area contributed by atoms with Gasteiger partial charge in [-0.2, -0.15) is 0 Å². The number of rotatable bonds is 5. The van der Waals surface area contributed by atoms with Gasteiger partial charge in [0.2, 0.25) is 0 Å². The second-order valence-corrected chi connectivity index (χ2v) is 13.1. The maximum Gasteiger partial charge on any atom is 0.177 e. The quantitative estimate of drug-likeness (QED) is 0.141. The van der Waals surface area contributed by atoms with Crippen molar-refractivity contribution in [2.75, 3.05) is 12.4 Å². The first-order valence-corrected chi connectivity index (χ1v) is 17.2. The first kappa shape index (κ1) is 29.1. The van der Waals surface area contributed by atoms with Gasteiger partial charge >= 0.3 is 0 Å². The molecule has 0 aliphatic carbocycles. The van der Waals surface area contributed by atoms with E-state index in [9.17, 15) is 0 Å². The van der Waals surface area contributed by atoms with Crippen LogP contribution in [0.1, 0.15) is 23.5 Å². The zero-order valence-corrected chi connectivity index (χ0v) is 27.7. The molecule has 0 saturated carbocycles. The average molecular weight is 663 g/mol. The summed E-state index contributed by atoms with van der Waals surface area (Å²) in [5, 5.41) is 15.6. The molecule has 10 rings (SSSR count).